The number of carbonyl (C=O) groups excluding carboxylic acids is 1. The second-order valence-corrected chi connectivity index (χ2v) is 9.50. The third-order valence-corrected chi connectivity index (χ3v) is 7.23. The lowest BCUT2D eigenvalue weighted by Gasteiger charge is -2.26. The molecule has 0 bridgehead atoms. The van der Waals surface area contributed by atoms with E-state index >= 15 is 0 Å². The molecule has 1 amide bonds. The molecule has 1 N–H and O–H groups in total. The lowest BCUT2D eigenvalue weighted by atomic mass is 10.1. The summed E-state index contributed by atoms with van der Waals surface area (Å²) in [5.74, 6) is 0.522. The SMILES string of the molecule is CCOc1ccc(NC(=O)CN(c2ccccc2OC)S(=O)(=O)c2cccc3ccccc23)cc1. The molecule has 0 unspecified atom stereocenters. The third kappa shape index (κ3) is 5.22. The van der Waals surface area contributed by atoms with Crippen molar-refractivity contribution in [3.63, 3.8) is 0 Å². The minimum absolute atomic E-state index is 0.107. The van der Waals surface area contributed by atoms with Gasteiger partial charge in [0, 0.05) is 11.1 Å². The van der Waals surface area contributed by atoms with E-state index in [1.165, 1.54) is 7.11 Å². The molecule has 0 atom stereocenters. The maximum Gasteiger partial charge on any atom is 0.265 e. The molecule has 0 spiro atoms. The van der Waals surface area contributed by atoms with Crippen LogP contribution in [0, 0.1) is 0 Å². The molecule has 0 saturated carbocycles. The Balaban J connectivity index is 1.72. The average Bonchev–Trinajstić information content (AvgIpc) is 2.88. The molecule has 35 heavy (non-hydrogen) atoms. The van der Waals surface area contributed by atoms with Crippen molar-refractivity contribution in [2.75, 3.05) is 29.9 Å². The molecule has 4 aromatic rings. The minimum Gasteiger partial charge on any atom is -0.495 e. The number of sulfonamides is 1. The van der Waals surface area contributed by atoms with Crippen LogP contribution in [0.25, 0.3) is 10.8 Å². The number of fused-ring (bicyclic) bond motifs is 1. The van der Waals surface area contributed by atoms with Gasteiger partial charge in [-0.1, -0.05) is 48.5 Å². The lowest BCUT2D eigenvalue weighted by molar-refractivity contribution is -0.114. The van der Waals surface area contributed by atoms with Gasteiger partial charge in [0.2, 0.25) is 5.91 Å². The molecule has 0 radical (unpaired) electrons. The Hall–Kier alpha value is -4.04. The first-order valence-electron chi connectivity index (χ1n) is 11.1. The summed E-state index contributed by atoms with van der Waals surface area (Å²) in [4.78, 5) is 13.2. The zero-order valence-corrected chi connectivity index (χ0v) is 20.3. The maximum absolute atomic E-state index is 14.0. The molecule has 7 nitrogen and oxygen atoms in total. The molecule has 0 aliphatic heterocycles. The first-order chi connectivity index (χ1) is 16.9. The van der Waals surface area contributed by atoms with Gasteiger partial charge in [-0.2, -0.15) is 0 Å². The number of benzene rings is 4. The fourth-order valence-corrected chi connectivity index (χ4v) is 5.46. The number of anilines is 2. The summed E-state index contributed by atoms with van der Waals surface area (Å²) in [6.45, 7) is 1.98. The highest BCUT2D eigenvalue weighted by Gasteiger charge is 2.30. The van der Waals surface area contributed by atoms with E-state index in [1.807, 2.05) is 25.1 Å². The molecule has 0 aliphatic carbocycles. The first kappa shape index (κ1) is 24.1. The Morgan fingerprint density at radius 3 is 2.31 bits per heavy atom. The quantitative estimate of drug-likeness (QED) is 0.354. The van der Waals surface area contributed by atoms with Crippen molar-refractivity contribution >= 4 is 38.1 Å². The Kier molecular flexibility index (Phi) is 7.22. The predicted octanol–water partition coefficient (Wildman–Crippen LogP) is 5.08. The van der Waals surface area contributed by atoms with Crippen LogP contribution in [0.2, 0.25) is 0 Å². The van der Waals surface area contributed by atoms with Crippen molar-refractivity contribution in [3.05, 3.63) is 91.0 Å². The van der Waals surface area contributed by atoms with Crippen LogP contribution in [0.3, 0.4) is 0 Å². The van der Waals surface area contributed by atoms with Crippen molar-refractivity contribution in [1.82, 2.24) is 0 Å². The van der Waals surface area contributed by atoms with Crippen LogP contribution in [0.5, 0.6) is 11.5 Å². The van der Waals surface area contributed by atoms with Gasteiger partial charge in [0.1, 0.15) is 18.0 Å². The summed E-state index contributed by atoms with van der Waals surface area (Å²) < 4.78 is 39.9. The van der Waals surface area contributed by atoms with Crippen molar-refractivity contribution in [3.8, 4) is 11.5 Å². The molecule has 8 heteroatoms. The van der Waals surface area contributed by atoms with E-state index < -0.39 is 22.5 Å². The van der Waals surface area contributed by atoms with Crippen molar-refractivity contribution in [2.24, 2.45) is 0 Å². The zero-order valence-electron chi connectivity index (χ0n) is 19.5. The summed E-state index contributed by atoms with van der Waals surface area (Å²) in [5.41, 5.74) is 0.797. The summed E-state index contributed by atoms with van der Waals surface area (Å²) >= 11 is 0. The Morgan fingerprint density at radius 1 is 0.886 bits per heavy atom. The number of hydrogen-bond acceptors (Lipinski definition) is 5. The van der Waals surface area contributed by atoms with Crippen molar-refractivity contribution in [1.29, 1.82) is 0 Å². The number of methoxy groups -OCH3 is 1. The molecule has 0 fully saturated rings. The van der Waals surface area contributed by atoms with E-state index in [1.54, 1.807) is 72.8 Å². The largest absolute Gasteiger partial charge is 0.495 e. The number of para-hydroxylation sites is 2. The molecule has 0 heterocycles. The smallest absolute Gasteiger partial charge is 0.265 e. The minimum atomic E-state index is -4.14. The molecular weight excluding hydrogens is 464 g/mol. The van der Waals surface area contributed by atoms with Crippen LogP contribution < -0.4 is 19.1 Å². The monoisotopic (exact) mass is 490 g/mol. The fourth-order valence-electron chi connectivity index (χ4n) is 3.81. The van der Waals surface area contributed by atoms with E-state index in [2.05, 4.69) is 5.32 Å². The van der Waals surface area contributed by atoms with Crippen LogP contribution in [0.1, 0.15) is 6.92 Å². The average molecular weight is 491 g/mol. The standard InChI is InChI=1S/C27H26N2O5S/c1-3-34-22-17-15-21(16-18-22)28-27(30)19-29(24-12-6-7-13-25(24)33-2)35(31,32)26-14-8-10-20-9-4-5-11-23(20)26/h4-18H,3,19H2,1-2H3,(H,28,30). The number of nitrogens with zero attached hydrogens (tertiary/aromatic N) is 1. The van der Waals surface area contributed by atoms with Gasteiger partial charge in [-0.05, 0) is 54.8 Å². The maximum atomic E-state index is 14.0. The molecule has 0 saturated heterocycles. The number of nitrogens with one attached hydrogen (secondary N) is 1. The van der Waals surface area contributed by atoms with Crippen LogP contribution >= 0.6 is 0 Å². The van der Waals surface area contributed by atoms with Gasteiger partial charge in [0.05, 0.1) is 24.3 Å². The summed E-state index contributed by atoms with van der Waals surface area (Å²) in [7, 11) is -2.68. The Bertz CT molecular complexity index is 1430. The normalized spacial score (nSPS) is 11.1. The lowest BCUT2D eigenvalue weighted by Crippen LogP contribution is -2.38. The van der Waals surface area contributed by atoms with Gasteiger partial charge < -0.3 is 14.8 Å². The van der Waals surface area contributed by atoms with Crippen LogP contribution in [0.4, 0.5) is 11.4 Å². The van der Waals surface area contributed by atoms with Crippen LogP contribution in [0.15, 0.2) is 95.9 Å². The summed E-state index contributed by atoms with van der Waals surface area (Å²) in [5, 5.41) is 4.12. The van der Waals surface area contributed by atoms with Crippen LogP contribution in [-0.4, -0.2) is 34.6 Å². The van der Waals surface area contributed by atoms with Crippen LogP contribution in [-0.2, 0) is 14.8 Å². The third-order valence-electron chi connectivity index (χ3n) is 5.41. The molecule has 0 aliphatic rings. The Morgan fingerprint density at radius 2 is 1.57 bits per heavy atom. The van der Waals surface area contributed by atoms with Gasteiger partial charge in [-0.25, -0.2) is 8.42 Å². The summed E-state index contributed by atoms with van der Waals surface area (Å²) in [6, 6.07) is 25.9. The highest BCUT2D eigenvalue weighted by atomic mass is 32.2. The molecule has 180 valence electrons. The number of hydrogen-bond donors (Lipinski definition) is 1. The molecule has 0 aromatic heterocycles. The van der Waals surface area contributed by atoms with Gasteiger partial charge in [-0.3, -0.25) is 9.10 Å². The summed E-state index contributed by atoms with van der Waals surface area (Å²) in [6.07, 6.45) is 0. The van der Waals surface area contributed by atoms with E-state index in [4.69, 9.17) is 9.47 Å². The number of amides is 1. The number of ether oxygens (including phenoxy) is 2. The number of rotatable bonds is 9. The predicted molar refractivity (Wildman–Crippen MR) is 138 cm³/mol. The zero-order chi connectivity index (χ0) is 24.8. The van der Waals surface area contributed by atoms with Crippen molar-refractivity contribution in [2.45, 2.75) is 11.8 Å². The van der Waals surface area contributed by atoms with Crippen molar-refractivity contribution < 1.29 is 22.7 Å². The highest BCUT2D eigenvalue weighted by Crippen LogP contribution is 2.34. The van der Waals surface area contributed by atoms with E-state index in [0.29, 0.717) is 29.2 Å². The molecular formula is C27H26N2O5S. The fraction of sp³-hybridized carbons (Fsp3) is 0.148. The van der Waals surface area contributed by atoms with E-state index in [-0.39, 0.29) is 10.6 Å². The highest BCUT2D eigenvalue weighted by molar-refractivity contribution is 7.93. The van der Waals surface area contributed by atoms with Gasteiger partial charge >= 0.3 is 0 Å². The first-order valence-corrected chi connectivity index (χ1v) is 12.5. The van der Waals surface area contributed by atoms with E-state index in [9.17, 15) is 13.2 Å². The number of carbonyl (C=O) groups is 1. The van der Waals surface area contributed by atoms with E-state index in [0.717, 1.165) is 9.69 Å². The van der Waals surface area contributed by atoms with Gasteiger partial charge in [0.25, 0.3) is 10.0 Å². The topological polar surface area (TPSA) is 84.9 Å². The molecule has 4 aromatic carbocycles. The second-order valence-electron chi connectivity index (χ2n) is 7.67. The Labute approximate surface area is 205 Å². The van der Waals surface area contributed by atoms with Gasteiger partial charge in [-0.15, -0.1) is 0 Å². The van der Waals surface area contributed by atoms with Gasteiger partial charge in [0.15, 0.2) is 0 Å². The second kappa shape index (κ2) is 10.5. The molecule has 4 rings (SSSR count).